The van der Waals surface area contributed by atoms with Gasteiger partial charge in [0.25, 0.3) is 0 Å². The van der Waals surface area contributed by atoms with Crippen molar-refractivity contribution >= 4 is 21.5 Å². The fourth-order valence-corrected chi connectivity index (χ4v) is 5.31. The SMILES string of the molecule is Oc1ccc(CC2CCC(Cc3ccc(O)c4ccccc34)CC2)c2ccccc12. The van der Waals surface area contributed by atoms with Crippen molar-refractivity contribution < 1.29 is 10.2 Å². The summed E-state index contributed by atoms with van der Waals surface area (Å²) in [5.41, 5.74) is 2.72. The molecule has 1 aliphatic rings. The maximum atomic E-state index is 10.2. The molecule has 0 unspecified atom stereocenters. The first kappa shape index (κ1) is 19.0. The summed E-state index contributed by atoms with van der Waals surface area (Å²) in [6, 6.07) is 24.3. The highest BCUT2D eigenvalue weighted by atomic mass is 16.3. The standard InChI is InChI=1S/C28H28O2/c29-27-15-13-21(23-5-1-3-7-25(23)27)17-19-9-11-20(12-10-19)18-22-14-16-28(30)26-8-4-2-6-24(22)26/h1-8,13-16,19-20,29-30H,9-12,17-18H2. The highest BCUT2D eigenvalue weighted by Gasteiger charge is 2.23. The molecule has 0 heterocycles. The number of phenols is 2. The van der Waals surface area contributed by atoms with Crippen LogP contribution in [0.5, 0.6) is 11.5 Å². The van der Waals surface area contributed by atoms with Crippen LogP contribution in [0.1, 0.15) is 36.8 Å². The molecule has 0 aliphatic heterocycles. The molecule has 1 aliphatic carbocycles. The van der Waals surface area contributed by atoms with Crippen molar-refractivity contribution in [1.29, 1.82) is 0 Å². The highest BCUT2D eigenvalue weighted by molar-refractivity contribution is 5.91. The Morgan fingerprint density at radius 2 is 0.867 bits per heavy atom. The Bertz CT molecular complexity index is 1090. The van der Waals surface area contributed by atoms with Gasteiger partial charge in [-0.25, -0.2) is 0 Å². The van der Waals surface area contributed by atoms with Crippen LogP contribution in [0.25, 0.3) is 21.5 Å². The largest absolute Gasteiger partial charge is 0.507 e. The van der Waals surface area contributed by atoms with Gasteiger partial charge in [-0.2, -0.15) is 0 Å². The second-order valence-electron chi connectivity index (χ2n) is 8.87. The topological polar surface area (TPSA) is 40.5 Å². The molecular weight excluding hydrogens is 368 g/mol. The quantitative estimate of drug-likeness (QED) is 0.390. The molecule has 30 heavy (non-hydrogen) atoms. The van der Waals surface area contributed by atoms with E-state index in [0.29, 0.717) is 23.3 Å². The summed E-state index contributed by atoms with van der Waals surface area (Å²) >= 11 is 0. The molecule has 152 valence electrons. The Balaban J connectivity index is 1.27. The second-order valence-corrected chi connectivity index (χ2v) is 8.87. The maximum Gasteiger partial charge on any atom is 0.123 e. The van der Waals surface area contributed by atoms with Crippen LogP contribution in [0.15, 0.2) is 72.8 Å². The Hall–Kier alpha value is -3.00. The summed E-state index contributed by atoms with van der Waals surface area (Å²) in [5.74, 6) is 2.18. The number of aromatic hydroxyl groups is 2. The van der Waals surface area contributed by atoms with Crippen molar-refractivity contribution in [2.45, 2.75) is 38.5 Å². The van der Waals surface area contributed by atoms with Gasteiger partial charge < -0.3 is 10.2 Å². The van der Waals surface area contributed by atoms with E-state index in [0.717, 1.165) is 23.6 Å². The molecule has 0 amide bonds. The lowest BCUT2D eigenvalue weighted by molar-refractivity contribution is 0.273. The van der Waals surface area contributed by atoms with Crippen LogP contribution >= 0.6 is 0 Å². The van der Waals surface area contributed by atoms with E-state index in [4.69, 9.17) is 0 Å². The van der Waals surface area contributed by atoms with Crippen LogP contribution in [0.2, 0.25) is 0 Å². The highest BCUT2D eigenvalue weighted by Crippen LogP contribution is 2.37. The summed E-state index contributed by atoms with van der Waals surface area (Å²) in [7, 11) is 0. The van der Waals surface area contributed by atoms with E-state index < -0.39 is 0 Å². The predicted molar refractivity (Wildman–Crippen MR) is 124 cm³/mol. The van der Waals surface area contributed by atoms with Gasteiger partial charge in [0.2, 0.25) is 0 Å². The number of phenolic OH excluding ortho intramolecular Hbond substituents is 2. The van der Waals surface area contributed by atoms with Crippen LogP contribution < -0.4 is 0 Å². The average Bonchev–Trinajstić information content (AvgIpc) is 2.79. The molecular formula is C28H28O2. The van der Waals surface area contributed by atoms with Gasteiger partial charge in [-0.15, -0.1) is 0 Å². The van der Waals surface area contributed by atoms with E-state index in [2.05, 4.69) is 36.4 Å². The summed E-state index contributed by atoms with van der Waals surface area (Å²) in [6.45, 7) is 0. The zero-order valence-corrected chi connectivity index (χ0v) is 17.2. The zero-order valence-electron chi connectivity index (χ0n) is 17.2. The van der Waals surface area contributed by atoms with Gasteiger partial charge in [0.1, 0.15) is 11.5 Å². The van der Waals surface area contributed by atoms with Gasteiger partial charge in [0.15, 0.2) is 0 Å². The minimum absolute atomic E-state index is 0.374. The summed E-state index contributed by atoms with van der Waals surface area (Å²) < 4.78 is 0. The second kappa shape index (κ2) is 8.02. The smallest absolute Gasteiger partial charge is 0.123 e. The van der Waals surface area contributed by atoms with E-state index in [9.17, 15) is 10.2 Å². The van der Waals surface area contributed by atoms with E-state index in [1.54, 1.807) is 0 Å². The van der Waals surface area contributed by atoms with E-state index in [1.165, 1.54) is 47.6 Å². The number of hydrogen-bond acceptors (Lipinski definition) is 2. The molecule has 1 saturated carbocycles. The fourth-order valence-electron chi connectivity index (χ4n) is 5.31. The third-order valence-corrected chi connectivity index (χ3v) is 6.97. The van der Waals surface area contributed by atoms with Crippen LogP contribution in [0.4, 0.5) is 0 Å². The Labute approximate surface area is 177 Å². The molecule has 4 aromatic carbocycles. The zero-order chi connectivity index (χ0) is 20.5. The number of fused-ring (bicyclic) bond motifs is 2. The van der Waals surface area contributed by atoms with E-state index in [-0.39, 0.29) is 0 Å². The van der Waals surface area contributed by atoms with Crippen LogP contribution in [-0.4, -0.2) is 10.2 Å². The van der Waals surface area contributed by atoms with Crippen LogP contribution in [0.3, 0.4) is 0 Å². The van der Waals surface area contributed by atoms with Crippen LogP contribution in [-0.2, 0) is 12.8 Å². The van der Waals surface area contributed by atoms with Crippen LogP contribution in [0, 0.1) is 11.8 Å². The van der Waals surface area contributed by atoms with Crippen molar-refractivity contribution in [3.8, 4) is 11.5 Å². The van der Waals surface area contributed by atoms with Crippen molar-refractivity contribution in [1.82, 2.24) is 0 Å². The summed E-state index contributed by atoms with van der Waals surface area (Å²) in [5, 5.41) is 24.6. The van der Waals surface area contributed by atoms with Crippen molar-refractivity contribution in [3.63, 3.8) is 0 Å². The molecule has 0 aromatic heterocycles. The molecule has 2 N–H and O–H groups in total. The molecule has 4 aromatic rings. The summed E-state index contributed by atoms with van der Waals surface area (Å²) in [4.78, 5) is 0. The Kier molecular flexibility index (Phi) is 5.08. The monoisotopic (exact) mass is 396 g/mol. The van der Waals surface area contributed by atoms with E-state index in [1.807, 2.05) is 36.4 Å². The third-order valence-electron chi connectivity index (χ3n) is 6.97. The molecule has 0 saturated heterocycles. The lowest BCUT2D eigenvalue weighted by Gasteiger charge is -2.29. The van der Waals surface area contributed by atoms with Crippen molar-refractivity contribution in [2.24, 2.45) is 11.8 Å². The normalized spacial score (nSPS) is 19.3. The Morgan fingerprint density at radius 1 is 0.500 bits per heavy atom. The lowest BCUT2D eigenvalue weighted by Crippen LogP contribution is -2.18. The number of benzene rings is 4. The molecule has 0 bridgehead atoms. The first-order valence-corrected chi connectivity index (χ1v) is 11.1. The minimum Gasteiger partial charge on any atom is -0.507 e. The average molecular weight is 397 g/mol. The van der Waals surface area contributed by atoms with Gasteiger partial charge in [-0.1, -0.05) is 60.7 Å². The maximum absolute atomic E-state index is 10.2. The third kappa shape index (κ3) is 3.63. The minimum atomic E-state index is 0.374. The number of hydrogen-bond donors (Lipinski definition) is 2. The fraction of sp³-hybridized carbons (Fsp3) is 0.286. The molecule has 1 fully saturated rings. The molecule has 2 nitrogen and oxygen atoms in total. The van der Waals surface area contributed by atoms with E-state index >= 15 is 0 Å². The van der Waals surface area contributed by atoms with Crippen molar-refractivity contribution in [2.75, 3.05) is 0 Å². The first-order chi connectivity index (χ1) is 14.7. The molecule has 0 radical (unpaired) electrons. The van der Waals surface area contributed by atoms with Crippen molar-refractivity contribution in [3.05, 3.63) is 83.9 Å². The van der Waals surface area contributed by atoms with Gasteiger partial charge >= 0.3 is 0 Å². The predicted octanol–water partition coefficient (Wildman–Crippen LogP) is 7.00. The molecule has 2 heteroatoms. The molecule has 5 rings (SSSR count). The summed E-state index contributed by atoms with van der Waals surface area (Å²) in [6.07, 6.45) is 7.23. The lowest BCUT2D eigenvalue weighted by atomic mass is 9.76. The van der Waals surface area contributed by atoms with Gasteiger partial charge in [-0.05, 0) is 84.4 Å². The molecule has 0 atom stereocenters. The first-order valence-electron chi connectivity index (χ1n) is 11.1. The van der Waals surface area contributed by atoms with Gasteiger partial charge in [0, 0.05) is 10.8 Å². The number of rotatable bonds is 4. The van der Waals surface area contributed by atoms with Gasteiger partial charge in [0.05, 0.1) is 0 Å². The molecule has 0 spiro atoms. The Morgan fingerprint density at radius 3 is 1.27 bits per heavy atom. The van der Waals surface area contributed by atoms with Gasteiger partial charge in [-0.3, -0.25) is 0 Å².